The molecule has 0 heterocycles. The number of hydrogen-bond donors (Lipinski definition) is 0. The Labute approximate surface area is 178 Å². The molecular weight excluding hydrogens is 502 g/mol. The Bertz CT molecular complexity index is 645. The SMILES string of the molecule is CC(C)(C)c1c[c-]c2c(c1)-c1cc(C(C)(C)C)ccc1C2.[Cl-].[Cl-].[Hf+4]. The van der Waals surface area contributed by atoms with E-state index in [4.69, 9.17) is 0 Å². The molecule has 1 aliphatic rings. The van der Waals surface area contributed by atoms with E-state index in [-0.39, 0.29) is 61.5 Å². The van der Waals surface area contributed by atoms with Crippen molar-refractivity contribution in [2.75, 3.05) is 0 Å². The summed E-state index contributed by atoms with van der Waals surface area (Å²) in [6, 6.07) is 15.1. The molecule has 3 rings (SSSR count). The van der Waals surface area contributed by atoms with Gasteiger partial charge in [-0.1, -0.05) is 76.3 Å². The monoisotopic (exact) mass is 527 g/mol. The summed E-state index contributed by atoms with van der Waals surface area (Å²) in [5.41, 5.74) is 8.76. The van der Waals surface area contributed by atoms with Crippen molar-refractivity contribution >= 4 is 0 Å². The first-order valence-electron chi connectivity index (χ1n) is 7.85. The van der Waals surface area contributed by atoms with Gasteiger partial charge in [0, 0.05) is 0 Å². The van der Waals surface area contributed by atoms with Gasteiger partial charge in [-0.2, -0.15) is 29.3 Å². The van der Waals surface area contributed by atoms with E-state index in [9.17, 15) is 0 Å². The first kappa shape index (κ1) is 23.9. The van der Waals surface area contributed by atoms with Gasteiger partial charge in [0.25, 0.3) is 0 Å². The molecule has 0 fully saturated rings. The molecule has 126 valence electrons. The first-order chi connectivity index (χ1) is 9.66. The second kappa shape index (κ2) is 8.06. The van der Waals surface area contributed by atoms with Gasteiger partial charge in [-0.25, -0.2) is 0 Å². The zero-order valence-electron chi connectivity index (χ0n) is 15.3. The summed E-state index contributed by atoms with van der Waals surface area (Å²) >= 11 is 0. The van der Waals surface area contributed by atoms with E-state index >= 15 is 0 Å². The van der Waals surface area contributed by atoms with Gasteiger partial charge in [-0.3, -0.25) is 0 Å². The molecule has 0 bridgehead atoms. The topological polar surface area (TPSA) is 0 Å². The fourth-order valence-corrected chi connectivity index (χ4v) is 2.98. The Kier molecular flexibility index (Phi) is 8.02. The molecule has 0 saturated carbocycles. The molecule has 0 radical (unpaired) electrons. The largest absolute Gasteiger partial charge is 4.00 e. The third-order valence-corrected chi connectivity index (χ3v) is 4.53. The molecule has 0 aliphatic heterocycles. The van der Waals surface area contributed by atoms with Crippen molar-refractivity contribution in [1.29, 1.82) is 0 Å². The van der Waals surface area contributed by atoms with Crippen molar-refractivity contribution in [2.45, 2.75) is 58.8 Å². The minimum absolute atomic E-state index is 0. The first-order valence-corrected chi connectivity index (χ1v) is 7.85. The smallest absolute Gasteiger partial charge is 1.00 e. The van der Waals surface area contributed by atoms with Crippen LogP contribution in [0.3, 0.4) is 0 Å². The van der Waals surface area contributed by atoms with Gasteiger partial charge >= 0.3 is 25.8 Å². The van der Waals surface area contributed by atoms with Crippen LogP contribution >= 0.6 is 0 Å². The maximum atomic E-state index is 3.53. The van der Waals surface area contributed by atoms with Crippen LogP contribution in [-0.4, -0.2) is 0 Å². The fourth-order valence-electron chi connectivity index (χ4n) is 2.98. The Balaban J connectivity index is 0.00000176. The van der Waals surface area contributed by atoms with Crippen LogP contribution in [-0.2, 0) is 43.1 Å². The number of halogens is 2. The summed E-state index contributed by atoms with van der Waals surface area (Å²) in [5, 5.41) is 0. The molecule has 0 N–H and O–H groups in total. The number of benzene rings is 2. The summed E-state index contributed by atoms with van der Waals surface area (Å²) in [4.78, 5) is 0. The van der Waals surface area contributed by atoms with Gasteiger partial charge in [-0.15, -0.1) is 5.56 Å². The quantitative estimate of drug-likeness (QED) is 0.278. The zero-order chi connectivity index (χ0) is 15.4. The molecule has 0 aromatic heterocycles. The second-order valence-electron chi connectivity index (χ2n) is 8.33. The number of rotatable bonds is 0. The summed E-state index contributed by atoms with van der Waals surface area (Å²) in [6.45, 7) is 13.6. The molecule has 0 nitrogen and oxygen atoms in total. The van der Waals surface area contributed by atoms with Crippen LogP contribution in [0.4, 0.5) is 0 Å². The van der Waals surface area contributed by atoms with Gasteiger partial charge in [0.05, 0.1) is 0 Å². The minimum atomic E-state index is 0. The molecule has 0 spiro atoms. The third-order valence-electron chi connectivity index (χ3n) is 4.53. The van der Waals surface area contributed by atoms with E-state index in [0.29, 0.717) is 0 Å². The van der Waals surface area contributed by atoms with Crippen LogP contribution in [0.5, 0.6) is 0 Å². The molecule has 3 heteroatoms. The van der Waals surface area contributed by atoms with Crippen molar-refractivity contribution in [3.8, 4) is 11.1 Å². The second-order valence-corrected chi connectivity index (χ2v) is 8.33. The average molecular weight is 527 g/mol. The number of hydrogen-bond acceptors (Lipinski definition) is 0. The summed E-state index contributed by atoms with van der Waals surface area (Å²) < 4.78 is 0. The maximum absolute atomic E-state index is 3.53. The summed E-state index contributed by atoms with van der Waals surface area (Å²) in [7, 11) is 0. The van der Waals surface area contributed by atoms with Gasteiger partial charge in [0.2, 0.25) is 0 Å². The molecule has 2 aromatic carbocycles. The predicted octanol–water partition coefficient (Wildman–Crippen LogP) is -0.342. The van der Waals surface area contributed by atoms with E-state index in [1.54, 1.807) is 0 Å². The maximum Gasteiger partial charge on any atom is 4.00 e. The molecule has 0 unspecified atom stereocenters. The molecular formula is C21H25Cl2Hf+. The summed E-state index contributed by atoms with van der Waals surface area (Å²) in [5.74, 6) is 0. The van der Waals surface area contributed by atoms with Crippen molar-refractivity contribution in [3.63, 3.8) is 0 Å². The van der Waals surface area contributed by atoms with E-state index in [1.807, 2.05) is 0 Å². The Morgan fingerprint density at radius 1 is 0.792 bits per heavy atom. The Morgan fingerprint density at radius 2 is 1.33 bits per heavy atom. The predicted molar refractivity (Wildman–Crippen MR) is 90.9 cm³/mol. The molecule has 24 heavy (non-hydrogen) atoms. The van der Waals surface area contributed by atoms with E-state index < -0.39 is 0 Å². The zero-order valence-corrected chi connectivity index (χ0v) is 20.5. The van der Waals surface area contributed by atoms with Crippen LogP contribution in [0.2, 0.25) is 0 Å². The number of fused-ring (bicyclic) bond motifs is 3. The van der Waals surface area contributed by atoms with Crippen LogP contribution in [0, 0.1) is 6.07 Å². The van der Waals surface area contributed by atoms with Gasteiger partial charge in [0.1, 0.15) is 0 Å². The van der Waals surface area contributed by atoms with Crippen LogP contribution in [0.15, 0.2) is 30.3 Å². The summed E-state index contributed by atoms with van der Waals surface area (Å²) in [6.07, 6.45) is 1.03. The van der Waals surface area contributed by atoms with E-state index in [2.05, 4.69) is 77.9 Å². The van der Waals surface area contributed by atoms with Crippen molar-refractivity contribution in [3.05, 3.63) is 58.7 Å². The van der Waals surface area contributed by atoms with Crippen molar-refractivity contribution in [1.82, 2.24) is 0 Å². The van der Waals surface area contributed by atoms with Crippen molar-refractivity contribution in [2.24, 2.45) is 0 Å². The molecule has 0 saturated heterocycles. The standard InChI is InChI=1S/C21H25.2ClH.Hf/c1-20(2,3)16-9-7-14-11-15-8-10-17(21(4,5)6)13-19(15)18(14)12-16;;;/h7,9-10,12-13H,11H2,1-6H3;2*1H;/q-1;;;+4/p-2. The average Bonchev–Trinajstić information content (AvgIpc) is 2.73. The van der Waals surface area contributed by atoms with Gasteiger partial charge < -0.3 is 24.8 Å². The van der Waals surface area contributed by atoms with E-state index in [0.717, 1.165) is 6.42 Å². The molecule has 0 atom stereocenters. The van der Waals surface area contributed by atoms with Gasteiger partial charge in [0.15, 0.2) is 0 Å². The van der Waals surface area contributed by atoms with Gasteiger partial charge in [-0.05, 0) is 17.4 Å². The molecule has 0 amide bonds. The van der Waals surface area contributed by atoms with Crippen molar-refractivity contribution < 1.29 is 50.7 Å². The van der Waals surface area contributed by atoms with Crippen LogP contribution < -0.4 is 24.8 Å². The van der Waals surface area contributed by atoms with E-state index in [1.165, 1.54) is 33.4 Å². The van der Waals surface area contributed by atoms with Crippen LogP contribution in [0.1, 0.15) is 63.8 Å². The molecule has 2 aromatic rings. The minimum Gasteiger partial charge on any atom is -1.00 e. The molecule has 1 aliphatic carbocycles. The van der Waals surface area contributed by atoms with Crippen LogP contribution in [0.25, 0.3) is 11.1 Å². The Morgan fingerprint density at radius 3 is 1.88 bits per heavy atom. The normalized spacial score (nSPS) is 12.2. The Hall–Kier alpha value is -0.110. The third kappa shape index (κ3) is 4.54. The fraction of sp³-hybridized carbons (Fsp3) is 0.429.